The van der Waals surface area contributed by atoms with Gasteiger partial charge in [-0.15, -0.1) is 0 Å². The number of anilines is 1. The number of hydrogen-bond donors (Lipinski definition) is 1. The van der Waals surface area contributed by atoms with Crippen molar-refractivity contribution >= 4 is 26.7 Å². The molecule has 7 heteroatoms. The first kappa shape index (κ1) is 19.5. The SMILES string of the molecule is COc1cccc2c1OCC(CNCC1CCN(c3nc4ccccc4s3)CC1)O2. The van der Waals surface area contributed by atoms with Gasteiger partial charge in [-0.25, -0.2) is 4.98 Å². The number of piperidine rings is 1. The zero-order valence-electron chi connectivity index (χ0n) is 17.2. The summed E-state index contributed by atoms with van der Waals surface area (Å²) in [5.74, 6) is 2.88. The molecule has 1 atom stereocenters. The molecule has 2 aliphatic heterocycles. The summed E-state index contributed by atoms with van der Waals surface area (Å²) in [6, 6.07) is 14.1. The summed E-state index contributed by atoms with van der Waals surface area (Å²) in [5.41, 5.74) is 1.11. The lowest BCUT2D eigenvalue weighted by molar-refractivity contribution is 0.0863. The fourth-order valence-electron chi connectivity index (χ4n) is 4.15. The van der Waals surface area contributed by atoms with Crippen LogP contribution in [0.3, 0.4) is 0 Å². The molecule has 0 spiro atoms. The third-order valence-corrected chi connectivity index (χ3v) is 6.94. The lowest BCUT2D eigenvalue weighted by Gasteiger charge is -2.32. The topological polar surface area (TPSA) is 55.9 Å². The molecule has 1 N–H and O–H groups in total. The predicted molar refractivity (Wildman–Crippen MR) is 120 cm³/mol. The highest BCUT2D eigenvalue weighted by Gasteiger charge is 2.25. The number of benzene rings is 2. The first-order valence-electron chi connectivity index (χ1n) is 10.6. The Kier molecular flexibility index (Phi) is 5.64. The minimum atomic E-state index is 0.0208. The zero-order chi connectivity index (χ0) is 20.3. The summed E-state index contributed by atoms with van der Waals surface area (Å²) in [7, 11) is 1.65. The molecule has 6 nitrogen and oxygen atoms in total. The average molecular weight is 426 g/mol. The van der Waals surface area contributed by atoms with E-state index in [0.717, 1.165) is 48.3 Å². The third kappa shape index (κ3) is 4.04. The summed E-state index contributed by atoms with van der Waals surface area (Å²) in [6.45, 7) is 4.48. The van der Waals surface area contributed by atoms with E-state index in [0.29, 0.717) is 18.3 Å². The lowest BCUT2D eigenvalue weighted by Crippen LogP contribution is -2.42. The number of nitrogens with one attached hydrogen (secondary N) is 1. The van der Waals surface area contributed by atoms with Crippen LogP contribution >= 0.6 is 11.3 Å². The second-order valence-corrected chi connectivity index (χ2v) is 8.90. The van der Waals surface area contributed by atoms with Crippen molar-refractivity contribution in [2.75, 3.05) is 44.8 Å². The van der Waals surface area contributed by atoms with E-state index in [1.165, 1.54) is 17.5 Å². The zero-order valence-corrected chi connectivity index (χ0v) is 18.0. The van der Waals surface area contributed by atoms with Gasteiger partial charge in [0.1, 0.15) is 12.7 Å². The van der Waals surface area contributed by atoms with E-state index < -0.39 is 0 Å². The summed E-state index contributed by atoms with van der Waals surface area (Å²) in [4.78, 5) is 7.24. The number of rotatable bonds is 6. The van der Waals surface area contributed by atoms with Crippen LogP contribution in [-0.2, 0) is 0 Å². The molecule has 1 unspecified atom stereocenters. The van der Waals surface area contributed by atoms with Crippen LogP contribution in [0.5, 0.6) is 17.2 Å². The Morgan fingerprint density at radius 1 is 1.13 bits per heavy atom. The van der Waals surface area contributed by atoms with Crippen LogP contribution in [0.4, 0.5) is 5.13 Å². The van der Waals surface area contributed by atoms with Gasteiger partial charge in [0, 0.05) is 19.6 Å². The van der Waals surface area contributed by atoms with Crippen molar-refractivity contribution in [3.05, 3.63) is 42.5 Å². The van der Waals surface area contributed by atoms with Gasteiger partial charge in [0.05, 0.1) is 17.3 Å². The number of para-hydroxylation sites is 2. The number of thiazole rings is 1. The molecule has 0 saturated carbocycles. The van der Waals surface area contributed by atoms with Gasteiger partial charge >= 0.3 is 0 Å². The van der Waals surface area contributed by atoms with Gasteiger partial charge in [-0.05, 0) is 49.6 Å². The molecule has 0 bridgehead atoms. The maximum absolute atomic E-state index is 6.08. The molecule has 0 radical (unpaired) electrons. The highest BCUT2D eigenvalue weighted by atomic mass is 32.1. The van der Waals surface area contributed by atoms with Gasteiger partial charge in [0.2, 0.25) is 5.75 Å². The van der Waals surface area contributed by atoms with Crippen molar-refractivity contribution in [3.8, 4) is 17.2 Å². The number of ether oxygens (including phenoxy) is 3. The fraction of sp³-hybridized carbons (Fsp3) is 0.435. The second-order valence-electron chi connectivity index (χ2n) is 7.89. The maximum atomic E-state index is 6.08. The molecule has 1 fully saturated rings. The van der Waals surface area contributed by atoms with Crippen molar-refractivity contribution in [1.29, 1.82) is 0 Å². The minimum absolute atomic E-state index is 0.0208. The van der Waals surface area contributed by atoms with E-state index in [1.54, 1.807) is 18.4 Å². The van der Waals surface area contributed by atoms with E-state index in [1.807, 2.05) is 18.2 Å². The molecule has 158 valence electrons. The van der Waals surface area contributed by atoms with Gasteiger partial charge in [0.15, 0.2) is 16.6 Å². The van der Waals surface area contributed by atoms with E-state index >= 15 is 0 Å². The standard InChI is InChI=1S/C23H27N3O3S/c1-27-19-6-4-7-20-22(19)28-15-17(29-20)14-24-13-16-9-11-26(12-10-16)23-25-18-5-2-3-8-21(18)30-23/h2-8,16-17,24H,9-15H2,1H3. The number of aromatic nitrogens is 1. The molecule has 30 heavy (non-hydrogen) atoms. The molecule has 3 aromatic rings. The molecule has 0 aliphatic carbocycles. The Bertz CT molecular complexity index is 967. The average Bonchev–Trinajstić information content (AvgIpc) is 3.23. The quantitative estimate of drug-likeness (QED) is 0.645. The number of methoxy groups -OCH3 is 1. The Labute approximate surface area is 180 Å². The van der Waals surface area contributed by atoms with E-state index in [-0.39, 0.29) is 6.10 Å². The predicted octanol–water partition coefficient (Wildman–Crippen LogP) is 3.95. The summed E-state index contributed by atoms with van der Waals surface area (Å²) < 4.78 is 18.6. The van der Waals surface area contributed by atoms with E-state index in [9.17, 15) is 0 Å². The summed E-state index contributed by atoms with van der Waals surface area (Å²) >= 11 is 1.80. The Morgan fingerprint density at radius 3 is 2.83 bits per heavy atom. The van der Waals surface area contributed by atoms with Crippen LogP contribution in [0.1, 0.15) is 12.8 Å². The van der Waals surface area contributed by atoms with E-state index in [4.69, 9.17) is 19.2 Å². The summed E-state index contributed by atoms with van der Waals surface area (Å²) in [6.07, 6.45) is 2.39. The van der Waals surface area contributed by atoms with Gasteiger partial charge in [0.25, 0.3) is 0 Å². The molecule has 1 saturated heterocycles. The molecule has 1 aromatic heterocycles. The van der Waals surface area contributed by atoms with Gasteiger partial charge < -0.3 is 24.4 Å². The smallest absolute Gasteiger partial charge is 0.203 e. The molecule has 2 aliphatic rings. The molecule has 3 heterocycles. The van der Waals surface area contributed by atoms with Crippen LogP contribution in [0.15, 0.2) is 42.5 Å². The molecule has 2 aromatic carbocycles. The minimum Gasteiger partial charge on any atom is -0.493 e. The largest absolute Gasteiger partial charge is 0.493 e. The molecular formula is C23H27N3O3S. The van der Waals surface area contributed by atoms with Crippen molar-refractivity contribution < 1.29 is 14.2 Å². The van der Waals surface area contributed by atoms with Crippen LogP contribution in [0.2, 0.25) is 0 Å². The van der Waals surface area contributed by atoms with Crippen molar-refractivity contribution in [2.24, 2.45) is 5.92 Å². The molecular weight excluding hydrogens is 398 g/mol. The number of nitrogens with zero attached hydrogens (tertiary/aromatic N) is 2. The first-order valence-corrected chi connectivity index (χ1v) is 11.4. The maximum Gasteiger partial charge on any atom is 0.203 e. The first-order chi connectivity index (χ1) is 14.8. The van der Waals surface area contributed by atoms with Crippen LogP contribution in [0, 0.1) is 5.92 Å². The van der Waals surface area contributed by atoms with Crippen LogP contribution < -0.4 is 24.4 Å². The number of fused-ring (bicyclic) bond motifs is 2. The third-order valence-electron chi connectivity index (χ3n) is 5.84. The molecule has 0 amide bonds. The number of hydrogen-bond acceptors (Lipinski definition) is 7. The van der Waals surface area contributed by atoms with Crippen LogP contribution in [-0.4, -0.2) is 51.0 Å². The van der Waals surface area contributed by atoms with Crippen molar-refractivity contribution in [2.45, 2.75) is 18.9 Å². The highest BCUT2D eigenvalue weighted by Crippen LogP contribution is 2.39. The van der Waals surface area contributed by atoms with Gasteiger partial charge in [-0.1, -0.05) is 29.5 Å². The fourth-order valence-corrected chi connectivity index (χ4v) is 5.17. The second kappa shape index (κ2) is 8.70. The van der Waals surface area contributed by atoms with Crippen molar-refractivity contribution in [1.82, 2.24) is 10.3 Å². The normalized spacial score (nSPS) is 19.2. The van der Waals surface area contributed by atoms with Crippen LogP contribution in [0.25, 0.3) is 10.2 Å². The molecule has 5 rings (SSSR count). The van der Waals surface area contributed by atoms with E-state index in [2.05, 4.69) is 34.5 Å². The van der Waals surface area contributed by atoms with Gasteiger partial charge in [-0.2, -0.15) is 0 Å². The van der Waals surface area contributed by atoms with Crippen molar-refractivity contribution in [3.63, 3.8) is 0 Å². The monoisotopic (exact) mass is 425 g/mol. The Morgan fingerprint density at radius 2 is 2.00 bits per heavy atom. The highest BCUT2D eigenvalue weighted by molar-refractivity contribution is 7.22. The Hall–Kier alpha value is -2.51. The van der Waals surface area contributed by atoms with Gasteiger partial charge in [-0.3, -0.25) is 0 Å². The lowest BCUT2D eigenvalue weighted by atomic mass is 9.97. The summed E-state index contributed by atoms with van der Waals surface area (Å²) in [5, 5.41) is 4.75. The Balaban J connectivity index is 1.08.